The number of rotatable bonds is 21. The third-order valence-electron chi connectivity index (χ3n) is 14.7. The number of hydrogen-bond donors (Lipinski definition) is 6. The topological polar surface area (TPSA) is 282 Å². The number of benzene rings is 6. The normalized spacial score (nSPS) is 11.9. The number of isocyanates is 1. The maximum Gasteiger partial charge on any atom is 0.412 e. The number of hydrogen-bond acceptors (Lipinski definition) is 18. The number of nitrogens with zero attached hydrogens (tertiary/aromatic N) is 5. The predicted octanol–water partition coefficient (Wildman–Crippen LogP) is 15.8. The van der Waals surface area contributed by atoms with Gasteiger partial charge in [-0.25, -0.2) is 24.2 Å². The summed E-state index contributed by atoms with van der Waals surface area (Å²) in [7, 11) is 0. The average Bonchev–Trinajstić information content (AvgIpc) is 1.12. The van der Waals surface area contributed by atoms with Gasteiger partial charge in [0.15, 0.2) is 0 Å². The number of aliphatic imine (C=N–C) groups is 1. The Morgan fingerprint density at radius 3 is 1.08 bits per heavy atom. The molecule has 109 heavy (non-hydrogen) atoms. The predicted molar refractivity (Wildman–Crippen MR) is 422 cm³/mol. The standard InChI is InChI=1S/C19H27NO6.C12H18O3.4C11H8N.C7H9NO3.C4H8O.2CH4.2Ir/c1-12(2)18(23)25-10-9-20-19(24)26-16-7-5-15(6-8-16)11-17(13(3)21)14(4)22;1-8(13)12(9(2)14)7-10-3-5-11(15)6-4-10;4*1-2-6-10(7-3-1)11-8-4-5-9-12-11;1-6(2)7(10)11-4-3-8-5-9;1-2-4-5-3-1;;;;/h5-8,13-14,17,21-22H,1,9-11H2,2-4H3,(H,20,24);3-6,8-9,12-15H,7H2,1-2H3;4*1-6,8-9H;1,3-4H2,2H3;1-4H2;2*1H4;;/q;;4*-1;;;;;;. The molecule has 6 aromatic carbocycles. The average molecular weight is 1840 g/mol. The van der Waals surface area contributed by atoms with Crippen molar-refractivity contribution in [3.05, 3.63) is 303 Å². The molecule has 4 atom stereocenters. The second-order valence-corrected chi connectivity index (χ2v) is 23.4. The number of carbonyl (C=O) groups excluding carboxylic acids is 4. The number of amides is 1. The fourth-order valence-corrected chi connectivity index (χ4v) is 9.08. The molecule has 584 valence electrons. The summed E-state index contributed by atoms with van der Waals surface area (Å²) in [6.45, 7) is 19.0. The van der Waals surface area contributed by atoms with E-state index in [1.54, 1.807) is 115 Å². The first-order chi connectivity index (χ1) is 50.8. The molecular weight excluding hydrogens is 1730 g/mol. The Morgan fingerprint density at radius 2 is 0.817 bits per heavy atom. The molecule has 2 radical (unpaired) electrons. The molecule has 5 heterocycles. The first-order valence-electron chi connectivity index (χ1n) is 34.1. The summed E-state index contributed by atoms with van der Waals surface area (Å²) in [6.07, 6.45) is 9.15. The summed E-state index contributed by atoms with van der Waals surface area (Å²) < 4.78 is 19.5. The zero-order valence-electron chi connectivity index (χ0n) is 60.9. The summed E-state index contributed by atoms with van der Waals surface area (Å²) in [5.74, 6) is -0.837. The van der Waals surface area contributed by atoms with Crippen molar-refractivity contribution >= 4 is 24.1 Å². The van der Waals surface area contributed by atoms with Crippen LogP contribution in [0.3, 0.4) is 0 Å². The molecule has 1 aliphatic rings. The summed E-state index contributed by atoms with van der Waals surface area (Å²) in [6, 6.07) is 80.9. The van der Waals surface area contributed by atoms with Crippen molar-refractivity contribution in [1.82, 2.24) is 25.3 Å². The van der Waals surface area contributed by atoms with Crippen LogP contribution in [0.1, 0.15) is 80.4 Å². The third-order valence-corrected chi connectivity index (χ3v) is 14.7. The van der Waals surface area contributed by atoms with E-state index in [0.29, 0.717) is 29.7 Å². The molecule has 0 saturated carbocycles. The minimum atomic E-state index is -0.657. The zero-order valence-corrected chi connectivity index (χ0v) is 65.7. The van der Waals surface area contributed by atoms with Crippen LogP contribution in [0.4, 0.5) is 4.79 Å². The minimum absolute atomic E-state index is 0. The van der Waals surface area contributed by atoms with E-state index in [-0.39, 0.29) is 99.0 Å². The van der Waals surface area contributed by atoms with Crippen molar-refractivity contribution in [2.45, 2.75) is 106 Å². The molecular formula is C88H102Ir2N6O13-4. The second kappa shape index (κ2) is 59.9. The number of aromatic nitrogens is 4. The summed E-state index contributed by atoms with van der Waals surface area (Å²) in [5, 5.41) is 50.0. The molecule has 19 nitrogen and oxygen atoms in total. The van der Waals surface area contributed by atoms with Crippen molar-refractivity contribution in [2.75, 3.05) is 39.5 Å². The van der Waals surface area contributed by atoms with Gasteiger partial charge in [-0.1, -0.05) is 101 Å². The third kappa shape index (κ3) is 43.5. The number of phenolic OH excluding ortho intramolecular Hbond substituents is 1. The van der Waals surface area contributed by atoms with Crippen LogP contribution in [-0.2, 0) is 81.6 Å². The largest absolute Gasteiger partial charge is 0.508 e. The van der Waals surface area contributed by atoms with Gasteiger partial charge in [0.1, 0.15) is 24.7 Å². The zero-order chi connectivity index (χ0) is 76.2. The maximum absolute atomic E-state index is 11.7. The molecule has 4 aromatic heterocycles. The molecule has 0 aliphatic carbocycles. The number of aliphatic hydroxyl groups is 4. The molecule has 11 rings (SSSR count). The Balaban J connectivity index is 0.00000125. The van der Waals surface area contributed by atoms with Crippen LogP contribution in [0.2, 0.25) is 0 Å². The number of carbonyl (C=O) groups is 3. The maximum atomic E-state index is 11.7. The molecule has 1 aliphatic heterocycles. The van der Waals surface area contributed by atoms with Gasteiger partial charge in [-0.3, -0.25) is 0 Å². The molecule has 1 amide bonds. The van der Waals surface area contributed by atoms with E-state index in [2.05, 4.69) is 72.4 Å². The fraction of sp³-hybridized carbons (Fsp3) is 0.273. The van der Waals surface area contributed by atoms with Gasteiger partial charge in [0.25, 0.3) is 0 Å². The molecule has 1 saturated heterocycles. The van der Waals surface area contributed by atoms with E-state index in [0.717, 1.165) is 69.4 Å². The first kappa shape index (κ1) is 98.9. The van der Waals surface area contributed by atoms with Crippen molar-refractivity contribution in [2.24, 2.45) is 16.8 Å². The van der Waals surface area contributed by atoms with E-state index >= 15 is 0 Å². The Kier molecular flexibility index (Phi) is 54.3. The summed E-state index contributed by atoms with van der Waals surface area (Å²) >= 11 is 0. The van der Waals surface area contributed by atoms with Gasteiger partial charge in [0.2, 0.25) is 6.08 Å². The summed E-state index contributed by atoms with van der Waals surface area (Å²) in [4.78, 5) is 63.1. The van der Waals surface area contributed by atoms with Gasteiger partial charge in [0.05, 0.1) is 37.5 Å². The number of aliphatic hydroxyl groups excluding tert-OH is 4. The van der Waals surface area contributed by atoms with Crippen molar-refractivity contribution < 1.29 is 104 Å². The smallest absolute Gasteiger partial charge is 0.412 e. The Bertz CT molecular complexity index is 3550. The van der Waals surface area contributed by atoms with Crippen LogP contribution in [0.15, 0.2) is 272 Å². The van der Waals surface area contributed by atoms with E-state index in [1.807, 2.05) is 170 Å². The molecule has 0 spiro atoms. The van der Waals surface area contributed by atoms with Gasteiger partial charge in [0, 0.05) is 101 Å². The van der Waals surface area contributed by atoms with Gasteiger partial charge >= 0.3 is 18.0 Å². The quantitative estimate of drug-likeness (QED) is 0.00973. The molecule has 1 fully saturated rings. The molecule has 21 heteroatoms. The van der Waals surface area contributed by atoms with Gasteiger partial charge in [-0.05, 0) is 150 Å². The minimum Gasteiger partial charge on any atom is -0.508 e. The molecule has 0 bridgehead atoms. The number of phenols is 1. The van der Waals surface area contributed by atoms with Gasteiger partial charge in [-0.15, -0.1) is 144 Å². The van der Waals surface area contributed by atoms with E-state index in [9.17, 15) is 39.6 Å². The number of aromatic hydroxyl groups is 1. The Morgan fingerprint density at radius 1 is 0.495 bits per heavy atom. The van der Waals surface area contributed by atoms with Crippen LogP contribution < -0.4 is 10.1 Å². The number of nitrogens with one attached hydrogen (secondary N) is 1. The Labute approximate surface area is 671 Å². The van der Waals surface area contributed by atoms with Crippen LogP contribution in [0, 0.1) is 36.1 Å². The summed E-state index contributed by atoms with van der Waals surface area (Å²) in [5.41, 5.74) is 10.6. The molecule has 6 N–H and O–H groups in total. The number of pyridine rings is 4. The molecule has 10 aromatic rings. The van der Waals surface area contributed by atoms with Crippen molar-refractivity contribution in [3.63, 3.8) is 0 Å². The Hall–Kier alpha value is -10.1. The van der Waals surface area contributed by atoms with Crippen LogP contribution in [-0.4, -0.2) is 134 Å². The van der Waals surface area contributed by atoms with Gasteiger partial charge in [-0.2, -0.15) is 0 Å². The van der Waals surface area contributed by atoms with Crippen LogP contribution >= 0.6 is 0 Å². The van der Waals surface area contributed by atoms with E-state index < -0.39 is 42.4 Å². The van der Waals surface area contributed by atoms with Crippen LogP contribution in [0.5, 0.6) is 11.5 Å². The number of ether oxygens (including phenoxy) is 4. The monoisotopic (exact) mass is 1840 g/mol. The SMILES string of the molecule is C.C.C1CCOC1.C=C(C)C(=O)OCCN=C=O.C=C(C)C(=O)OCCNC(=O)Oc1ccc(CC(C(C)O)C(C)O)cc1.CC(O)C(Cc1ccc(O)cc1)C(C)O.[Ir].[Ir].[c-]1ccccc1-c1ccccn1.[c-]1ccccc1-c1ccccn1.[c-]1ccccc1-c1ccccn1.[c-]1ccccc1-c1ccccn1. The van der Waals surface area contributed by atoms with Crippen LogP contribution in [0.25, 0.3) is 45.0 Å². The van der Waals surface area contributed by atoms with E-state index in [1.165, 1.54) is 18.9 Å². The molecule has 4 unspecified atom stereocenters. The fourth-order valence-electron chi connectivity index (χ4n) is 9.08. The van der Waals surface area contributed by atoms with E-state index in [4.69, 9.17) is 19.3 Å². The second-order valence-electron chi connectivity index (χ2n) is 23.4. The van der Waals surface area contributed by atoms with Gasteiger partial charge < -0.3 is 69.7 Å². The number of esters is 2. The van der Waals surface area contributed by atoms with Crippen molar-refractivity contribution in [3.8, 4) is 56.5 Å². The van der Waals surface area contributed by atoms with Crippen molar-refractivity contribution in [1.29, 1.82) is 0 Å². The first-order valence-corrected chi connectivity index (χ1v) is 34.1.